The zero-order chi connectivity index (χ0) is 13.9. The summed E-state index contributed by atoms with van der Waals surface area (Å²) in [5.41, 5.74) is 0.541. The van der Waals surface area contributed by atoms with Crippen molar-refractivity contribution < 1.29 is 14.6 Å². The first-order valence-electron chi connectivity index (χ1n) is 6.81. The molecule has 0 bridgehead atoms. The molecule has 0 amide bonds. The molecule has 0 aliphatic rings. The van der Waals surface area contributed by atoms with Crippen LogP contribution in [-0.4, -0.2) is 23.8 Å². The van der Waals surface area contributed by atoms with Crippen LogP contribution in [0.1, 0.15) is 43.0 Å². The third kappa shape index (κ3) is 6.77. The van der Waals surface area contributed by atoms with E-state index in [1.165, 1.54) is 0 Å². The molecule has 0 aliphatic carbocycles. The zero-order valence-corrected chi connectivity index (χ0v) is 11.4. The van der Waals surface area contributed by atoms with E-state index in [9.17, 15) is 9.90 Å². The molecule has 3 heteroatoms. The number of unbranched alkanes of at least 4 members (excludes halogenated alkanes) is 2. The van der Waals surface area contributed by atoms with E-state index in [0.29, 0.717) is 5.56 Å². The molecule has 0 saturated heterocycles. The van der Waals surface area contributed by atoms with Crippen molar-refractivity contribution in [2.75, 3.05) is 6.61 Å². The lowest BCUT2D eigenvalue weighted by atomic mass is 10.1. The molecule has 0 unspecified atom stereocenters. The molecule has 1 rings (SSSR count). The number of hydrogen-bond acceptors (Lipinski definition) is 3. The number of rotatable bonds is 8. The first kappa shape index (κ1) is 15.4. The first-order valence-corrected chi connectivity index (χ1v) is 6.81. The molecule has 0 fully saturated rings. The number of ether oxygens (including phenoxy) is 1. The van der Waals surface area contributed by atoms with E-state index in [2.05, 4.69) is 6.92 Å². The van der Waals surface area contributed by atoms with Crippen molar-refractivity contribution in [3.63, 3.8) is 0 Å². The normalized spacial score (nSPS) is 12.5. The van der Waals surface area contributed by atoms with Gasteiger partial charge in [0.1, 0.15) is 6.61 Å². The van der Waals surface area contributed by atoms with E-state index in [-0.39, 0.29) is 12.6 Å². The Hall–Kier alpha value is -1.61. The quantitative estimate of drug-likeness (QED) is 0.444. The number of benzene rings is 1. The van der Waals surface area contributed by atoms with Crippen LogP contribution >= 0.6 is 0 Å². The standard InChI is InChI=1S/C16H22O3/c1-2-3-5-11-15(17)12-8-13-19-16(18)14-9-6-4-7-10-14/h4,6-10,12,15,17H,2-3,5,11,13H2,1H3/b12-8-/t15-/m0/s1. The van der Waals surface area contributed by atoms with Crippen molar-refractivity contribution in [1.29, 1.82) is 0 Å². The van der Waals surface area contributed by atoms with E-state index in [0.717, 1.165) is 25.7 Å². The average Bonchev–Trinajstić information content (AvgIpc) is 2.44. The number of carbonyl (C=O) groups is 1. The fourth-order valence-electron chi connectivity index (χ4n) is 1.69. The van der Waals surface area contributed by atoms with Crippen LogP contribution in [0.5, 0.6) is 0 Å². The van der Waals surface area contributed by atoms with Gasteiger partial charge < -0.3 is 9.84 Å². The summed E-state index contributed by atoms with van der Waals surface area (Å²) in [6.07, 6.45) is 7.00. The lowest BCUT2D eigenvalue weighted by molar-refractivity contribution is 0.0548. The molecule has 3 nitrogen and oxygen atoms in total. The highest BCUT2D eigenvalue weighted by molar-refractivity contribution is 5.89. The lowest BCUT2D eigenvalue weighted by Gasteiger charge is -2.05. The average molecular weight is 262 g/mol. The molecule has 0 heterocycles. The Morgan fingerprint density at radius 3 is 2.74 bits per heavy atom. The van der Waals surface area contributed by atoms with Crippen LogP contribution in [0, 0.1) is 0 Å². The fraction of sp³-hybridized carbons (Fsp3) is 0.438. The maximum atomic E-state index is 11.6. The van der Waals surface area contributed by atoms with Gasteiger partial charge in [-0.05, 0) is 24.6 Å². The smallest absolute Gasteiger partial charge is 0.338 e. The second-order valence-electron chi connectivity index (χ2n) is 4.46. The van der Waals surface area contributed by atoms with Crippen LogP contribution in [0.2, 0.25) is 0 Å². The van der Waals surface area contributed by atoms with Crippen LogP contribution in [0.15, 0.2) is 42.5 Å². The summed E-state index contributed by atoms with van der Waals surface area (Å²) >= 11 is 0. The fourth-order valence-corrected chi connectivity index (χ4v) is 1.69. The first-order chi connectivity index (χ1) is 9.24. The Labute approximate surface area is 114 Å². The van der Waals surface area contributed by atoms with Crippen molar-refractivity contribution in [2.45, 2.75) is 38.7 Å². The number of esters is 1. The van der Waals surface area contributed by atoms with Crippen molar-refractivity contribution in [3.05, 3.63) is 48.0 Å². The zero-order valence-electron chi connectivity index (χ0n) is 11.4. The van der Waals surface area contributed by atoms with Crippen LogP contribution < -0.4 is 0 Å². The summed E-state index contributed by atoms with van der Waals surface area (Å²) in [4.78, 5) is 11.6. The molecule has 1 aromatic carbocycles. The second-order valence-corrected chi connectivity index (χ2v) is 4.46. The third-order valence-corrected chi connectivity index (χ3v) is 2.78. The molecule has 0 spiro atoms. The van der Waals surface area contributed by atoms with Gasteiger partial charge >= 0.3 is 5.97 Å². The van der Waals surface area contributed by atoms with Gasteiger partial charge in [0, 0.05) is 0 Å². The molecule has 1 atom stereocenters. The summed E-state index contributed by atoms with van der Waals surface area (Å²) in [5.74, 6) is -0.342. The molecule has 19 heavy (non-hydrogen) atoms. The molecule has 0 aromatic heterocycles. The Bertz CT molecular complexity index is 384. The SMILES string of the molecule is CCCCC[C@H](O)/C=C\COC(=O)c1ccccc1. The molecule has 0 aliphatic heterocycles. The third-order valence-electron chi connectivity index (χ3n) is 2.78. The van der Waals surface area contributed by atoms with Gasteiger partial charge in [-0.3, -0.25) is 0 Å². The highest BCUT2D eigenvalue weighted by atomic mass is 16.5. The second kappa shape index (κ2) is 9.34. The minimum absolute atomic E-state index is 0.193. The Kier molecular flexibility index (Phi) is 7.59. The minimum atomic E-state index is -0.443. The van der Waals surface area contributed by atoms with Gasteiger partial charge in [0.05, 0.1) is 11.7 Å². The molecule has 0 saturated carbocycles. The number of aliphatic hydroxyl groups excluding tert-OH is 1. The highest BCUT2D eigenvalue weighted by Crippen LogP contribution is 2.04. The van der Waals surface area contributed by atoms with Gasteiger partial charge in [0.15, 0.2) is 0 Å². The van der Waals surface area contributed by atoms with Gasteiger partial charge in [0.25, 0.3) is 0 Å². The van der Waals surface area contributed by atoms with Crippen molar-refractivity contribution >= 4 is 5.97 Å². The van der Waals surface area contributed by atoms with Crippen LogP contribution in [-0.2, 0) is 4.74 Å². The van der Waals surface area contributed by atoms with Crippen molar-refractivity contribution in [2.24, 2.45) is 0 Å². The van der Waals surface area contributed by atoms with Crippen LogP contribution in [0.4, 0.5) is 0 Å². The van der Waals surface area contributed by atoms with Gasteiger partial charge in [-0.25, -0.2) is 4.79 Å². The monoisotopic (exact) mass is 262 g/mol. The van der Waals surface area contributed by atoms with Gasteiger partial charge in [-0.2, -0.15) is 0 Å². The van der Waals surface area contributed by atoms with Crippen molar-refractivity contribution in [3.8, 4) is 0 Å². The summed E-state index contributed by atoms with van der Waals surface area (Å²) in [7, 11) is 0. The highest BCUT2D eigenvalue weighted by Gasteiger charge is 2.04. The summed E-state index contributed by atoms with van der Waals surface area (Å²) in [6, 6.07) is 8.87. The largest absolute Gasteiger partial charge is 0.458 e. The molecular formula is C16H22O3. The van der Waals surface area contributed by atoms with E-state index < -0.39 is 6.10 Å². The molecule has 0 radical (unpaired) electrons. The van der Waals surface area contributed by atoms with E-state index in [4.69, 9.17) is 4.74 Å². The summed E-state index contributed by atoms with van der Waals surface area (Å²) < 4.78 is 5.07. The molecule has 1 N–H and O–H groups in total. The Balaban J connectivity index is 2.21. The van der Waals surface area contributed by atoms with Crippen LogP contribution in [0.3, 0.4) is 0 Å². The van der Waals surface area contributed by atoms with E-state index >= 15 is 0 Å². The molecular weight excluding hydrogens is 240 g/mol. The van der Waals surface area contributed by atoms with E-state index in [1.54, 1.807) is 36.4 Å². The lowest BCUT2D eigenvalue weighted by Crippen LogP contribution is -2.06. The molecule has 1 aromatic rings. The van der Waals surface area contributed by atoms with E-state index in [1.807, 2.05) is 6.07 Å². The maximum absolute atomic E-state index is 11.6. The minimum Gasteiger partial charge on any atom is -0.458 e. The topological polar surface area (TPSA) is 46.5 Å². The number of hydrogen-bond donors (Lipinski definition) is 1. The predicted molar refractivity (Wildman–Crippen MR) is 76.0 cm³/mol. The number of carbonyl (C=O) groups excluding carboxylic acids is 1. The van der Waals surface area contributed by atoms with Crippen LogP contribution in [0.25, 0.3) is 0 Å². The van der Waals surface area contributed by atoms with Gasteiger partial charge in [0.2, 0.25) is 0 Å². The number of aliphatic hydroxyl groups is 1. The predicted octanol–water partition coefficient (Wildman–Crippen LogP) is 3.34. The van der Waals surface area contributed by atoms with Gasteiger partial charge in [-0.1, -0.05) is 50.5 Å². The summed E-state index contributed by atoms with van der Waals surface area (Å²) in [5, 5.41) is 9.63. The van der Waals surface area contributed by atoms with Crippen molar-refractivity contribution in [1.82, 2.24) is 0 Å². The molecule has 104 valence electrons. The summed E-state index contributed by atoms with van der Waals surface area (Å²) in [6.45, 7) is 2.32. The Morgan fingerprint density at radius 1 is 1.32 bits per heavy atom. The van der Waals surface area contributed by atoms with Gasteiger partial charge in [-0.15, -0.1) is 0 Å². The maximum Gasteiger partial charge on any atom is 0.338 e. The Morgan fingerprint density at radius 2 is 2.05 bits per heavy atom.